The number of fused-ring (bicyclic) bond motifs is 1. The molecule has 4 heterocycles. The first-order chi connectivity index (χ1) is 15.9. The maximum absolute atomic E-state index is 9.85. The molecule has 7 nitrogen and oxygen atoms in total. The second-order valence-electron chi connectivity index (χ2n) is 10.3. The first kappa shape index (κ1) is 22.5. The van der Waals surface area contributed by atoms with Crippen LogP contribution in [0.1, 0.15) is 57.9 Å². The van der Waals surface area contributed by atoms with Crippen LogP contribution in [0.5, 0.6) is 0 Å². The van der Waals surface area contributed by atoms with Gasteiger partial charge in [-0.15, -0.1) is 0 Å². The van der Waals surface area contributed by atoms with E-state index in [0.29, 0.717) is 11.5 Å². The molecule has 2 fully saturated rings. The minimum Gasteiger partial charge on any atom is -0.393 e. The van der Waals surface area contributed by atoms with E-state index in [1.165, 1.54) is 18.4 Å². The molecule has 1 aliphatic carbocycles. The van der Waals surface area contributed by atoms with E-state index in [9.17, 15) is 5.11 Å². The molecule has 0 unspecified atom stereocenters. The zero-order chi connectivity index (χ0) is 22.8. The molecule has 0 radical (unpaired) electrons. The number of pyridine rings is 2. The van der Waals surface area contributed by atoms with Crippen LogP contribution in [0, 0.1) is 5.41 Å². The van der Waals surface area contributed by atoms with Crippen molar-refractivity contribution in [3.8, 4) is 0 Å². The molecule has 0 amide bonds. The summed E-state index contributed by atoms with van der Waals surface area (Å²) in [5.74, 6) is 1.70. The molecule has 3 aromatic rings. The second kappa shape index (κ2) is 9.52. The quantitative estimate of drug-likeness (QED) is 0.462. The summed E-state index contributed by atoms with van der Waals surface area (Å²) >= 11 is 1.54. The number of anilines is 3. The summed E-state index contributed by atoms with van der Waals surface area (Å²) in [5, 5.41) is 17.7. The van der Waals surface area contributed by atoms with Gasteiger partial charge >= 0.3 is 0 Å². The Bertz CT molecular complexity index is 1050. The molecule has 0 aromatic carbocycles. The highest BCUT2D eigenvalue weighted by Crippen LogP contribution is 2.32. The first-order valence-corrected chi connectivity index (χ1v) is 12.9. The van der Waals surface area contributed by atoms with Crippen molar-refractivity contribution in [3.05, 3.63) is 36.0 Å². The highest BCUT2D eigenvalue weighted by Gasteiger charge is 2.25. The number of aliphatic hydroxyl groups excluding tert-OH is 1. The molecule has 1 saturated heterocycles. The molecular weight excluding hydrogens is 432 g/mol. The molecule has 0 atom stereocenters. The van der Waals surface area contributed by atoms with E-state index in [1.54, 1.807) is 17.5 Å². The molecule has 2 aliphatic rings. The Hall–Kier alpha value is -2.29. The third-order valence-electron chi connectivity index (χ3n) is 6.95. The lowest BCUT2D eigenvalue weighted by Crippen LogP contribution is -2.36. The van der Waals surface area contributed by atoms with Crippen LogP contribution < -0.4 is 10.6 Å². The molecule has 0 bridgehead atoms. The Labute approximate surface area is 199 Å². The van der Waals surface area contributed by atoms with Crippen LogP contribution in [0.4, 0.5) is 16.8 Å². The predicted molar refractivity (Wildman–Crippen MR) is 135 cm³/mol. The highest BCUT2D eigenvalue weighted by atomic mass is 32.1. The number of thiazole rings is 1. The summed E-state index contributed by atoms with van der Waals surface area (Å²) < 4.78 is 0. The van der Waals surface area contributed by atoms with Crippen molar-refractivity contribution in [1.29, 1.82) is 0 Å². The zero-order valence-electron chi connectivity index (χ0n) is 19.5. The van der Waals surface area contributed by atoms with Crippen molar-refractivity contribution >= 4 is 38.5 Å². The van der Waals surface area contributed by atoms with Gasteiger partial charge in [-0.1, -0.05) is 25.2 Å². The van der Waals surface area contributed by atoms with E-state index in [1.807, 2.05) is 12.1 Å². The number of likely N-dealkylation sites (tertiary alicyclic amines) is 1. The summed E-state index contributed by atoms with van der Waals surface area (Å²) in [6, 6.07) is 8.58. The molecule has 8 heteroatoms. The van der Waals surface area contributed by atoms with E-state index in [-0.39, 0.29) is 6.10 Å². The topological polar surface area (TPSA) is 86.2 Å². The number of aliphatic hydroxyl groups is 1. The van der Waals surface area contributed by atoms with Crippen LogP contribution in [0.3, 0.4) is 0 Å². The molecule has 0 spiro atoms. The van der Waals surface area contributed by atoms with Gasteiger partial charge in [0.1, 0.15) is 22.0 Å². The van der Waals surface area contributed by atoms with Crippen LogP contribution in [-0.2, 0) is 6.54 Å². The first-order valence-electron chi connectivity index (χ1n) is 12.1. The molecule has 5 rings (SSSR count). The van der Waals surface area contributed by atoms with Gasteiger partial charge < -0.3 is 15.7 Å². The maximum atomic E-state index is 9.85. The standard InChI is InChI=1S/C25H34N6OS/c1-25(2)9-12-31(13-10-25)16-17-14-21(27-18-5-7-19(32)8-6-18)29-22(15-17)30-24-28-20-4-3-11-26-23(20)33-24/h3-4,11,14-15,18-19,32H,5-10,12-13,16H2,1-2H3,(H2,27,28,29,30). The lowest BCUT2D eigenvalue weighted by Gasteiger charge is -2.37. The second-order valence-corrected chi connectivity index (χ2v) is 11.3. The number of hydrogen-bond donors (Lipinski definition) is 3. The van der Waals surface area contributed by atoms with Crippen LogP contribution in [0.25, 0.3) is 10.3 Å². The number of aromatic nitrogens is 3. The van der Waals surface area contributed by atoms with Gasteiger partial charge in [-0.2, -0.15) is 0 Å². The van der Waals surface area contributed by atoms with Gasteiger partial charge in [-0.3, -0.25) is 4.90 Å². The molecule has 176 valence electrons. The third kappa shape index (κ3) is 5.80. The van der Waals surface area contributed by atoms with Gasteiger partial charge in [0.05, 0.1) is 6.10 Å². The maximum Gasteiger partial charge on any atom is 0.190 e. The van der Waals surface area contributed by atoms with Crippen molar-refractivity contribution in [2.24, 2.45) is 5.41 Å². The van der Waals surface area contributed by atoms with Crippen molar-refractivity contribution in [2.45, 2.75) is 71.1 Å². The predicted octanol–water partition coefficient (Wildman–Crippen LogP) is 5.17. The lowest BCUT2D eigenvalue weighted by molar-refractivity contribution is 0.126. The van der Waals surface area contributed by atoms with E-state index in [2.05, 4.69) is 51.5 Å². The largest absolute Gasteiger partial charge is 0.393 e. The minimum absolute atomic E-state index is 0.157. The Morgan fingerprint density at radius 1 is 1.09 bits per heavy atom. The summed E-state index contributed by atoms with van der Waals surface area (Å²) in [6.45, 7) is 7.92. The Kier molecular flexibility index (Phi) is 6.49. The summed E-state index contributed by atoms with van der Waals surface area (Å²) in [4.78, 5) is 17.4. The number of hydrogen-bond acceptors (Lipinski definition) is 8. The summed E-state index contributed by atoms with van der Waals surface area (Å²) in [7, 11) is 0. The fourth-order valence-corrected chi connectivity index (χ4v) is 5.57. The van der Waals surface area contributed by atoms with Crippen molar-refractivity contribution in [3.63, 3.8) is 0 Å². The van der Waals surface area contributed by atoms with Gasteiger partial charge in [0.15, 0.2) is 5.13 Å². The van der Waals surface area contributed by atoms with Crippen LogP contribution in [-0.4, -0.2) is 50.2 Å². The minimum atomic E-state index is -0.157. The monoisotopic (exact) mass is 466 g/mol. The Morgan fingerprint density at radius 2 is 1.85 bits per heavy atom. The van der Waals surface area contributed by atoms with Crippen LogP contribution >= 0.6 is 11.3 Å². The van der Waals surface area contributed by atoms with Gasteiger partial charge in [-0.25, -0.2) is 15.0 Å². The van der Waals surface area contributed by atoms with Crippen molar-refractivity contribution in [1.82, 2.24) is 19.9 Å². The lowest BCUT2D eigenvalue weighted by atomic mass is 9.82. The molecule has 1 saturated carbocycles. The van der Waals surface area contributed by atoms with Gasteiger partial charge in [0, 0.05) is 18.8 Å². The average Bonchev–Trinajstić information content (AvgIpc) is 3.19. The summed E-state index contributed by atoms with van der Waals surface area (Å²) in [5.41, 5.74) is 2.60. The van der Waals surface area contributed by atoms with E-state index in [4.69, 9.17) is 4.98 Å². The molecule has 33 heavy (non-hydrogen) atoms. The average molecular weight is 467 g/mol. The van der Waals surface area contributed by atoms with Crippen LogP contribution in [0.2, 0.25) is 0 Å². The molecule has 1 aliphatic heterocycles. The number of nitrogens with zero attached hydrogens (tertiary/aromatic N) is 4. The normalized spacial score (nSPS) is 23.5. The number of piperidine rings is 1. The highest BCUT2D eigenvalue weighted by molar-refractivity contribution is 7.21. The molecular formula is C25H34N6OS. The molecule has 3 aromatic heterocycles. The third-order valence-corrected chi connectivity index (χ3v) is 7.85. The SMILES string of the molecule is CC1(C)CCN(Cc2cc(Nc3nc4cccnc4s3)nc(NC3CCC(O)CC3)c2)CC1. The molecule has 3 N–H and O–H groups in total. The zero-order valence-corrected chi connectivity index (χ0v) is 20.4. The summed E-state index contributed by atoms with van der Waals surface area (Å²) in [6.07, 6.45) is 7.76. The van der Waals surface area contributed by atoms with Gasteiger partial charge in [-0.05, 0) is 86.9 Å². The Morgan fingerprint density at radius 3 is 2.61 bits per heavy atom. The number of rotatable bonds is 6. The van der Waals surface area contributed by atoms with Gasteiger partial charge in [0.2, 0.25) is 0 Å². The number of nitrogens with one attached hydrogen (secondary N) is 2. The van der Waals surface area contributed by atoms with Crippen molar-refractivity contribution in [2.75, 3.05) is 23.7 Å². The fraction of sp³-hybridized carbons (Fsp3) is 0.560. The van der Waals surface area contributed by atoms with E-state index >= 15 is 0 Å². The van der Waals surface area contributed by atoms with Crippen LogP contribution in [0.15, 0.2) is 30.5 Å². The fourth-order valence-electron chi connectivity index (χ4n) is 4.75. The van der Waals surface area contributed by atoms with Crippen molar-refractivity contribution < 1.29 is 5.11 Å². The van der Waals surface area contributed by atoms with Gasteiger partial charge in [0.25, 0.3) is 0 Å². The van der Waals surface area contributed by atoms with E-state index < -0.39 is 0 Å². The van der Waals surface area contributed by atoms with E-state index in [0.717, 1.165) is 72.4 Å². The Balaban J connectivity index is 1.36. The smallest absolute Gasteiger partial charge is 0.190 e.